The Morgan fingerprint density at radius 3 is 2.70 bits per heavy atom. The van der Waals surface area contributed by atoms with Crippen molar-refractivity contribution in [3.05, 3.63) is 35.4 Å². The third-order valence-electron chi connectivity index (χ3n) is 3.49. The van der Waals surface area contributed by atoms with Gasteiger partial charge >= 0.3 is 0 Å². The van der Waals surface area contributed by atoms with Crippen LogP contribution in [-0.4, -0.2) is 23.4 Å². The summed E-state index contributed by atoms with van der Waals surface area (Å²) >= 11 is 0. The van der Waals surface area contributed by atoms with E-state index in [0.29, 0.717) is 11.6 Å². The third kappa shape index (κ3) is 5.31. The van der Waals surface area contributed by atoms with Crippen LogP contribution in [0.5, 0.6) is 0 Å². The van der Waals surface area contributed by atoms with E-state index in [1.807, 2.05) is 12.1 Å². The van der Waals surface area contributed by atoms with Crippen molar-refractivity contribution in [2.75, 3.05) is 6.54 Å². The van der Waals surface area contributed by atoms with Gasteiger partial charge in [0.2, 0.25) is 0 Å². The summed E-state index contributed by atoms with van der Waals surface area (Å²) < 4.78 is 0. The molecule has 0 atom stereocenters. The lowest BCUT2D eigenvalue weighted by Gasteiger charge is -2.26. The number of benzene rings is 1. The predicted octanol–water partition coefficient (Wildman–Crippen LogP) is 2.69. The Morgan fingerprint density at radius 2 is 2.10 bits per heavy atom. The highest BCUT2D eigenvalue weighted by molar-refractivity contribution is 5.93. The van der Waals surface area contributed by atoms with E-state index in [2.05, 4.69) is 37.2 Å². The van der Waals surface area contributed by atoms with Crippen LogP contribution in [0.25, 0.3) is 0 Å². The number of nitrogens with two attached hydrogens (primary N) is 1. The summed E-state index contributed by atoms with van der Waals surface area (Å²) in [7, 11) is 0. The minimum absolute atomic E-state index is 0.242. The highest BCUT2D eigenvalue weighted by Crippen LogP contribution is 2.12. The van der Waals surface area contributed by atoms with Crippen LogP contribution in [-0.2, 0) is 6.54 Å². The SMILES string of the molecule is CCCCCN(Cc1cccc(C(=O)NN)c1)C(C)C. The Kier molecular flexibility index (Phi) is 7.26. The highest BCUT2D eigenvalue weighted by atomic mass is 16.2. The second-order valence-electron chi connectivity index (χ2n) is 5.45. The Morgan fingerprint density at radius 1 is 1.35 bits per heavy atom. The zero-order chi connectivity index (χ0) is 15.0. The minimum Gasteiger partial charge on any atom is -0.297 e. The Bertz CT molecular complexity index is 418. The third-order valence-corrected chi connectivity index (χ3v) is 3.49. The van der Waals surface area contributed by atoms with Crippen molar-refractivity contribution in [1.82, 2.24) is 10.3 Å². The fraction of sp³-hybridized carbons (Fsp3) is 0.562. The van der Waals surface area contributed by atoms with Crippen molar-refractivity contribution >= 4 is 5.91 Å². The summed E-state index contributed by atoms with van der Waals surface area (Å²) in [6.07, 6.45) is 3.72. The molecule has 0 bridgehead atoms. The van der Waals surface area contributed by atoms with Crippen LogP contribution in [0.15, 0.2) is 24.3 Å². The molecule has 1 aromatic rings. The number of nitrogen functional groups attached to an aromatic ring is 1. The first-order valence-corrected chi connectivity index (χ1v) is 7.42. The van der Waals surface area contributed by atoms with Gasteiger partial charge in [0.25, 0.3) is 5.91 Å². The maximum Gasteiger partial charge on any atom is 0.265 e. The summed E-state index contributed by atoms with van der Waals surface area (Å²) in [5.74, 6) is 4.93. The summed E-state index contributed by atoms with van der Waals surface area (Å²) in [5, 5.41) is 0. The molecule has 112 valence electrons. The highest BCUT2D eigenvalue weighted by Gasteiger charge is 2.11. The van der Waals surface area contributed by atoms with E-state index >= 15 is 0 Å². The van der Waals surface area contributed by atoms with Crippen molar-refractivity contribution in [3.8, 4) is 0 Å². The van der Waals surface area contributed by atoms with Gasteiger partial charge < -0.3 is 0 Å². The molecule has 3 N–H and O–H groups in total. The average Bonchev–Trinajstić information content (AvgIpc) is 2.45. The molecule has 0 heterocycles. The Labute approximate surface area is 122 Å². The topological polar surface area (TPSA) is 58.4 Å². The Balaban J connectivity index is 2.70. The van der Waals surface area contributed by atoms with Crippen molar-refractivity contribution in [2.24, 2.45) is 5.84 Å². The predicted molar refractivity (Wildman–Crippen MR) is 83.2 cm³/mol. The van der Waals surface area contributed by atoms with Gasteiger partial charge in [-0.25, -0.2) is 5.84 Å². The lowest BCUT2D eigenvalue weighted by Crippen LogP contribution is -2.32. The van der Waals surface area contributed by atoms with Crippen LogP contribution in [0.1, 0.15) is 56.0 Å². The van der Waals surface area contributed by atoms with Crippen LogP contribution < -0.4 is 11.3 Å². The van der Waals surface area contributed by atoms with Crippen LogP contribution >= 0.6 is 0 Å². The molecule has 0 spiro atoms. The van der Waals surface area contributed by atoms with Crippen LogP contribution in [0.4, 0.5) is 0 Å². The molecule has 0 saturated heterocycles. The van der Waals surface area contributed by atoms with E-state index in [4.69, 9.17) is 5.84 Å². The molecular formula is C16H27N3O. The van der Waals surface area contributed by atoms with Crippen molar-refractivity contribution in [2.45, 2.75) is 52.6 Å². The average molecular weight is 277 g/mol. The standard InChI is InChI=1S/C16H27N3O/c1-4-5-6-10-19(13(2)3)12-14-8-7-9-15(11-14)16(20)18-17/h7-9,11,13H,4-6,10,12,17H2,1-3H3,(H,18,20). The number of unbranched alkanes of at least 4 members (excludes halogenated alkanes) is 2. The normalized spacial score (nSPS) is 11.1. The maximum absolute atomic E-state index is 11.5. The largest absolute Gasteiger partial charge is 0.297 e. The lowest BCUT2D eigenvalue weighted by molar-refractivity contribution is 0.0953. The molecule has 1 aromatic carbocycles. The van der Waals surface area contributed by atoms with Gasteiger partial charge in [0.05, 0.1) is 0 Å². The fourth-order valence-electron chi connectivity index (χ4n) is 2.21. The summed E-state index contributed by atoms with van der Waals surface area (Å²) in [5.41, 5.74) is 3.94. The van der Waals surface area contributed by atoms with Crippen LogP contribution in [0.2, 0.25) is 0 Å². The maximum atomic E-state index is 11.5. The zero-order valence-electron chi connectivity index (χ0n) is 12.9. The Hall–Kier alpha value is -1.39. The molecule has 20 heavy (non-hydrogen) atoms. The lowest BCUT2D eigenvalue weighted by atomic mass is 10.1. The molecule has 0 saturated carbocycles. The van der Waals surface area contributed by atoms with E-state index in [1.54, 1.807) is 6.07 Å². The molecule has 0 unspecified atom stereocenters. The molecule has 0 fully saturated rings. The molecule has 1 amide bonds. The summed E-state index contributed by atoms with van der Waals surface area (Å²) in [4.78, 5) is 14.0. The van der Waals surface area contributed by atoms with Crippen molar-refractivity contribution in [1.29, 1.82) is 0 Å². The first-order valence-electron chi connectivity index (χ1n) is 7.42. The number of hydrazine groups is 1. The monoisotopic (exact) mass is 277 g/mol. The van der Waals surface area contributed by atoms with Gasteiger partial charge in [0.15, 0.2) is 0 Å². The van der Waals surface area contributed by atoms with Crippen LogP contribution in [0.3, 0.4) is 0 Å². The molecule has 0 aliphatic heterocycles. The van der Waals surface area contributed by atoms with Gasteiger partial charge in [-0.05, 0) is 44.5 Å². The van der Waals surface area contributed by atoms with E-state index in [0.717, 1.165) is 18.7 Å². The van der Waals surface area contributed by atoms with Crippen molar-refractivity contribution in [3.63, 3.8) is 0 Å². The number of carbonyl (C=O) groups is 1. The number of rotatable bonds is 8. The first kappa shape index (κ1) is 16.7. The van der Waals surface area contributed by atoms with Gasteiger partial charge in [-0.2, -0.15) is 0 Å². The van der Waals surface area contributed by atoms with E-state index < -0.39 is 0 Å². The van der Waals surface area contributed by atoms with Crippen LogP contribution in [0, 0.1) is 0 Å². The van der Waals surface area contributed by atoms with Gasteiger partial charge in [0.1, 0.15) is 0 Å². The smallest absolute Gasteiger partial charge is 0.265 e. The van der Waals surface area contributed by atoms with Gasteiger partial charge in [-0.3, -0.25) is 15.1 Å². The quantitative estimate of drug-likeness (QED) is 0.332. The number of hydrogen-bond donors (Lipinski definition) is 2. The van der Waals surface area contributed by atoms with E-state index in [-0.39, 0.29) is 5.91 Å². The van der Waals surface area contributed by atoms with Gasteiger partial charge in [-0.15, -0.1) is 0 Å². The van der Waals surface area contributed by atoms with E-state index in [9.17, 15) is 4.79 Å². The van der Waals surface area contributed by atoms with Gasteiger partial charge in [0, 0.05) is 18.2 Å². The molecule has 4 nitrogen and oxygen atoms in total. The molecule has 4 heteroatoms. The number of carbonyl (C=O) groups excluding carboxylic acids is 1. The minimum atomic E-state index is -0.242. The summed E-state index contributed by atoms with van der Waals surface area (Å²) in [6.45, 7) is 8.60. The second-order valence-corrected chi connectivity index (χ2v) is 5.45. The second kappa shape index (κ2) is 8.72. The molecular weight excluding hydrogens is 250 g/mol. The summed E-state index contributed by atoms with van der Waals surface area (Å²) in [6, 6.07) is 8.16. The first-order chi connectivity index (χ1) is 9.58. The molecule has 0 aliphatic rings. The van der Waals surface area contributed by atoms with Gasteiger partial charge in [-0.1, -0.05) is 31.9 Å². The molecule has 0 aliphatic carbocycles. The number of nitrogens with zero attached hydrogens (tertiary/aromatic N) is 1. The molecule has 1 rings (SSSR count). The molecule has 0 aromatic heterocycles. The van der Waals surface area contributed by atoms with Crippen molar-refractivity contribution < 1.29 is 4.79 Å². The number of amides is 1. The fourth-order valence-corrected chi connectivity index (χ4v) is 2.21. The zero-order valence-corrected chi connectivity index (χ0v) is 12.9. The molecule has 0 radical (unpaired) electrons. The number of nitrogens with one attached hydrogen (secondary N) is 1. The number of hydrogen-bond acceptors (Lipinski definition) is 3. The van der Waals surface area contributed by atoms with E-state index in [1.165, 1.54) is 19.3 Å².